The van der Waals surface area contributed by atoms with E-state index in [2.05, 4.69) is 27.0 Å². The number of aromatic nitrogens is 3. The summed E-state index contributed by atoms with van der Waals surface area (Å²) in [6.45, 7) is 6.10. The van der Waals surface area contributed by atoms with E-state index in [4.69, 9.17) is 4.74 Å². The number of ether oxygens (including phenoxy) is 1. The molecule has 0 radical (unpaired) electrons. The second-order valence-corrected chi connectivity index (χ2v) is 7.12. The molecule has 0 saturated carbocycles. The maximum atomic E-state index is 12.5. The number of amides is 1. The molecule has 1 N–H and O–H groups in total. The predicted molar refractivity (Wildman–Crippen MR) is 97.9 cm³/mol. The molecular weight excluding hydrogens is 336 g/mol. The van der Waals surface area contributed by atoms with Crippen molar-refractivity contribution >= 4 is 17.7 Å². The quantitative estimate of drug-likeness (QED) is 0.633. The molecule has 0 aliphatic carbocycles. The van der Waals surface area contributed by atoms with Gasteiger partial charge in [0.2, 0.25) is 5.91 Å². The van der Waals surface area contributed by atoms with E-state index >= 15 is 0 Å². The number of para-hydroxylation sites is 1. The fourth-order valence-corrected chi connectivity index (χ4v) is 3.91. The van der Waals surface area contributed by atoms with E-state index < -0.39 is 0 Å². The number of nitrogens with one attached hydrogen (secondary N) is 1. The van der Waals surface area contributed by atoms with Crippen LogP contribution >= 0.6 is 11.8 Å². The van der Waals surface area contributed by atoms with E-state index in [0.29, 0.717) is 13.2 Å². The van der Waals surface area contributed by atoms with E-state index in [1.54, 1.807) is 11.8 Å². The molecule has 0 fully saturated rings. The Balaban J connectivity index is 1.48. The van der Waals surface area contributed by atoms with Crippen molar-refractivity contribution < 1.29 is 9.53 Å². The van der Waals surface area contributed by atoms with Gasteiger partial charge in [0, 0.05) is 24.8 Å². The molecule has 7 heteroatoms. The van der Waals surface area contributed by atoms with E-state index in [1.807, 2.05) is 31.2 Å². The molecule has 0 spiro atoms. The van der Waals surface area contributed by atoms with Crippen LogP contribution in [0.1, 0.15) is 24.7 Å². The summed E-state index contributed by atoms with van der Waals surface area (Å²) in [5, 5.41) is 12.2. The monoisotopic (exact) mass is 360 g/mol. The van der Waals surface area contributed by atoms with E-state index in [-0.39, 0.29) is 11.8 Å². The first-order valence-corrected chi connectivity index (χ1v) is 9.68. The van der Waals surface area contributed by atoms with Crippen molar-refractivity contribution in [2.45, 2.75) is 38.4 Å². The lowest BCUT2D eigenvalue weighted by atomic mass is 9.96. The average molecular weight is 360 g/mol. The highest BCUT2D eigenvalue weighted by atomic mass is 32.2. The minimum atomic E-state index is -0.0322. The van der Waals surface area contributed by atoms with Crippen molar-refractivity contribution in [3.05, 3.63) is 35.7 Å². The van der Waals surface area contributed by atoms with Crippen molar-refractivity contribution in [3.8, 4) is 5.75 Å². The van der Waals surface area contributed by atoms with E-state index in [1.165, 1.54) is 0 Å². The summed E-state index contributed by atoms with van der Waals surface area (Å²) < 4.78 is 7.81. The summed E-state index contributed by atoms with van der Waals surface area (Å²) in [5.74, 6) is 2.68. The molecule has 3 rings (SSSR count). The minimum Gasteiger partial charge on any atom is -0.493 e. The molecule has 134 valence electrons. The van der Waals surface area contributed by atoms with Gasteiger partial charge in [-0.3, -0.25) is 4.79 Å². The molecule has 1 aromatic carbocycles. The van der Waals surface area contributed by atoms with Gasteiger partial charge in [0.15, 0.2) is 5.16 Å². The average Bonchev–Trinajstić information content (AvgIpc) is 2.84. The van der Waals surface area contributed by atoms with Crippen molar-refractivity contribution in [1.82, 2.24) is 20.1 Å². The Morgan fingerprint density at radius 3 is 3.08 bits per heavy atom. The number of thioether (sulfide) groups is 1. The largest absolute Gasteiger partial charge is 0.493 e. The van der Waals surface area contributed by atoms with Crippen LogP contribution in [0.4, 0.5) is 0 Å². The summed E-state index contributed by atoms with van der Waals surface area (Å²) in [6, 6.07) is 7.97. The van der Waals surface area contributed by atoms with Crippen LogP contribution in [0.5, 0.6) is 5.75 Å². The Labute approximate surface area is 152 Å². The van der Waals surface area contributed by atoms with Crippen LogP contribution in [0.15, 0.2) is 29.4 Å². The highest BCUT2D eigenvalue weighted by Crippen LogP contribution is 2.26. The number of aryl methyl sites for hydroxylation is 1. The first-order valence-electron chi connectivity index (χ1n) is 8.70. The summed E-state index contributed by atoms with van der Waals surface area (Å²) >= 11 is 1.62. The Bertz CT molecular complexity index is 732. The highest BCUT2D eigenvalue weighted by Gasteiger charge is 2.23. The molecule has 1 aliphatic rings. The molecule has 2 heterocycles. The molecule has 1 atom stereocenters. The maximum absolute atomic E-state index is 12.5. The molecule has 1 aromatic heterocycles. The third kappa shape index (κ3) is 4.34. The van der Waals surface area contributed by atoms with Crippen LogP contribution in [-0.4, -0.2) is 39.6 Å². The zero-order valence-electron chi connectivity index (χ0n) is 14.7. The second kappa shape index (κ2) is 8.38. The number of carbonyl (C=O) groups excluding carboxylic acids is 1. The van der Waals surface area contributed by atoms with Crippen LogP contribution in [-0.2, 0) is 17.8 Å². The summed E-state index contributed by atoms with van der Waals surface area (Å²) in [7, 11) is 0. The van der Waals surface area contributed by atoms with Gasteiger partial charge in [-0.1, -0.05) is 30.0 Å². The Morgan fingerprint density at radius 1 is 1.40 bits per heavy atom. The fourth-order valence-electron chi connectivity index (χ4n) is 3.01. The van der Waals surface area contributed by atoms with Crippen molar-refractivity contribution in [1.29, 1.82) is 0 Å². The predicted octanol–water partition coefficient (Wildman–Crippen LogP) is 2.46. The summed E-state index contributed by atoms with van der Waals surface area (Å²) in [6.07, 6.45) is 1.48. The van der Waals surface area contributed by atoms with Gasteiger partial charge in [0.05, 0.1) is 6.61 Å². The van der Waals surface area contributed by atoms with Gasteiger partial charge in [-0.2, -0.15) is 0 Å². The third-order valence-corrected chi connectivity index (χ3v) is 5.35. The van der Waals surface area contributed by atoms with Crippen molar-refractivity contribution in [2.75, 3.05) is 18.9 Å². The van der Waals surface area contributed by atoms with Gasteiger partial charge < -0.3 is 14.6 Å². The molecule has 0 unspecified atom stereocenters. The first kappa shape index (κ1) is 17.8. The SMILES string of the molecule is CCn1c(C)nnc1SCCNC(=O)[C@H]1CCOc2ccccc2C1. The standard InChI is InChI=1S/C18H24N4O2S/c1-3-22-13(2)20-21-18(22)25-11-9-19-17(23)15-8-10-24-16-7-5-4-6-14(16)12-15/h4-7,15H,3,8-12H2,1-2H3,(H,19,23)/t15-/m0/s1. The molecule has 0 saturated heterocycles. The van der Waals surface area contributed by atoms with Gasteiger partial charge >= 0.3 is 0 Å². The summed E-state index contributed by atoms with van der Waals surface area (Å²) in [4.78, 5) is 12.5. The van der Waals surface area contributed by atoms with Gasteiger partial charge in [-0.25, -0.2) is 0 Å². The number of hydrogen-bond donors (Lipinski definition) is 1. The van der Waals surface area contributed by atoms with Crippen molar-refractivity contribution in [3.63, 3.8) is 0 Å². The van der Waals surface area contributed by atoms with Crippen LogP contribution in [0.3, 0.4) is 0 Å². The zero-order valence-corrected chi connectivity index (χ0v) is 15.5. The number of hydrogen-bond acceptors (Lipinski definition) is 5. The topological polar surface area (TPSA) is 69.0 Å². The number of nitrogens with zero attached hydrogens (tertiary/aromatic N) is 3. The Morgan fingerprint density at radius 2 is 2.24 bits per heavy atom. The molecule has 0 bridgehead atoms. The molecule has 6 nitrogen and oxygen atoms in total. The highest BCUT2D eigenvalue weighted by molar-refractivity contribution is 7.99. The van der Waals surface area contributed by atoms with Crippen molar-refractivity contribution in [2.24, 2.45) is 5.92 Å². The smallest absolute Gasteiger partial charge is 0.223 e. The van der Waals surface area contributed by atoms with Gasteiger partial charge in [-0.15, -0.1) is 10.2 Å². The lowest BCUT2D eigenvalue weighted by Crippen LogP contribution is -2.33. The summed E-state index contributed by atoms with van der Waals surface area (Å²) in [5.41, 5.74) is 1.11. The molecular formula is C18H24N4O2S. The first-order chi connectivity index (χ1) is 12.2. The van der Waals surface area contributed by atoms with E-state index in [0.717, 1.165) is 47.4 Å². The molecule has 1 amide bonds. The second-order valence-electron chi connectivity index (χ2n) is 6.06. The van der Waals surface area contributed by atoms with Gasteiger partial charge in [-0.05, 0) is 38.3 Å². The Hall–Kier alpha value is -2.02. The van der Waals surface area contributed by atoms with E-state index in [9.17, 15) is 4.79 Å². The molecule has 1 aliphatic heterocycles. The lowest BCUT2D eigenvalue weighted by molar-refractivity contribution is -0.125. The number of benzene rings is 1. The van der Waals surface area contributed by atoms with Crippen LogP contribution in [0, 0.1) is 12.8 Å². The maximum Gasteiger partial charge on any atom is 0.223 e. The normalized spacial score (nSPS) is 16.6. The molecule has 25 heavy (non-hydrogen) atoms. The fraction of sp³-hybridized carbons (Fsp3) is 0.500. The van der Waals surface area contributed by atoms with Crippen LogP contribution in [0.2, 0.25) is 0 Å². The minimum absolute atomic E-state index is 0.0322. The third-order valence-electron chi connectivity index (χ3n) is 4.38. The van der Waals surface area contributed by atoms with Crippen LogP contribution < -0.4 is 10.1 Å². The Kier molecular flexibility index (Phi) is 5.96. The molecule has 2 aromatic rings. The number of rotatable bonds is 6. The van der Waals surface area contributed by atoms with Crippen LogP contribution in [0.25, 0.3) is 0 Å². The zero-order chi connectivity index (χ0) is 17.6. The number of fused-ring (bicyclic) bond motifs is 1. The van der Waals surface area contributed by atoms with Gasteiger partial charge in [0.1, 0.15) is 11.6 Å². The van der Waals surface area contributed by atoms with Gasteiger partial charge in [0.25, 0.3) is 0 Å². The lowest BCUT2D eigenvalue weighted by Gasteiger charge is -2.13. The number of carbonyl (C=O) groups is 1.